The zero-order valence-electron chi connectivity index (χ0n) is 16.5. The average molecular weight is 356 g/mol. The molecule has 5 nitrogen and oxygen atoms in total. The maximum Gasteiger partial charge on any atom is 0.338 e. The highest BCUT2D eigenvalue weighted by Gasteiger charge is 2.24. The molecule has 0 unspecified atom stereocenters. The van der Waals surface area contributed by atoms with Crippen LogP contribution in [0.5, 0.6) is 0 Å². The monoisotopic (exact) mass is 356 g/mol. The van der Waals surface area contributed by atoms with Gasteiger partial charge in [-0.15, -0.1) is 0 Å². The number of pyridine rings is 1. The molecule has 0 bridgehead atoms. The lowest BCUT2D eigenvalue weighted by Gasteiger charge is -2.26. The molecule has 1 amide bonds. The minimum atomic E-state index is -0.352. The van der Waals surface area contributed by atoms with Gasteiger partial charge < -0.3 is 4.74 Å². The molecular formula is C21H28N2O3. The number of rotatable bonds is 6. The van der Waals surface area contributed by atoms with Crippen LogP contribution in [0.3, 0.4) is 0 Å². The standard InChI is InChI=1S/C21H28N2O3/c1-7-21(4,5)13-18(24)23(6)19-17-9-8-16(20(25)26-14(2)3)12-15(17)10-11-22-19/h8-12,14H,7,13H2,1-6H3. The van der Waals surface area contributed by atoms with Crippen molar-refractivity contribution in [2.24, 2.45) is 5.41 Å². The third kappa shape index (κ3) is 4.59. The lowest BCUT2D eigenvalue weighted by Crippen LogP contribution is -2.31. The van der Waals surface area contributed by atoms with Gasteiger partial charge in [0.15, 0.2) is 0 Å². The SMILES string of the molecule is CCC(C)(C)CC(=O)N(C)c1nccc2cc(C(=O)OC(C)C)ccc12. The largest absolute Gasteiger partial charge is 0.459 e. The van der Waals surface area contributed by atoms with E-state index in [1.807, 2.05) is 26.0 Å². The molecule has 1 heterocycles. The lowest BCUT2D eigenvalue weighted by molar-refractivity contribution is -0.120. The summed E-state index contributed by atoms with van der Waals surface area (Å²) in [6, 6.07) is 7.15. The van der Waals surface area contributed by atoms with Crippen molar-refractivity contribution in [1.29, 1.82) is 0 Å². The van der Waals surface area contributed by atoms with Crippen LogP contribution in [0.4, 0.5) is 5.82 Å². The van der Waals surface area contributed by atoms with Crippen molar-refractivity contribution in [3.8, 4) is 0 Å². The molecule has 140 valence electrons. The van der Waals surface area contributed by atoms with Gasteiger partial charge in [-0.05, 0) is 48.9 Å². The number of anilines is 1. The van der Waals surface area contributed by atoms with Crippen molar-refractivity contribution in [3.05, 3.63) is 36.0 Å². The van der Waals surface area contributed by atoms with Crippen molar-refractivity contribution in [3.63, 3.8) is 0 Å². The zero-order valence-corrected chi connectivity index (χ0v) is 16.5. The maximum absolute atomic E-state index is 12.7. The van der Waals surface area contributed by atoms with Crippen LogP contribution >= 0.6 is 0 Å². The number of ether oxygens (including phenoxy) is 1. The summed E-state index contributed by atoms with van der Waals surface area (Å²) in [6.45, 7) is 9.89. The highest BCUT2D eigenvalue weighted by atomic mass is 16.5. The number of benzene rings is 1. The Balaban J connectivity index is 2.34. The van der Waals surface area contributed by atoms with Crippen LogP contribution < -0.4 is 4.90 Å². The molecule has 0 fully saturated rings. The van der Waals surface area contributed by atoms with E-state index < -0.39 is 0 Å². The summed E-state index contributed by atoms with van der Waals surface area (Å²) >= 11 is 0. The zero-order chi connectivity index (χ0) is 19.5. The van der Waals surface area contributed by atoms with E-state index in [1.165, 1.54) is 0 Å². The van der Waals surface area contributed by atoms with E-state index in [-0.39, 0.29) is 23.4 Å². The molecule has 0 atom stereocenters. The van der Waals surface area contributed by atoms with Gasteiger partial charge in [-0.2, -0.15) is 0 Å². The molecule has 0 radical (unpaired) electrons. The van der Waals surface area contributed by atoms with Crippen molar-refractivity contribution in [2.45, 2.75) is 53.6 Å². The molecule has 0 spiro atoms. The quantitative estimate of drug-likeness (QED) is 0.710. The molecular weight excluding hydrogens is 328 g/mol. The fourth-order valence-corrected chi connectivity index (χ4v) is 2.61. The van der Waals surface area contributed by atoms with Gasteiger partial charge in [0, 0.05) is 25.1 Å². The molecule has 1 aromatic heterocycles. The molecule has 0 saturated carbocycles. The van der Waals surface area contributed by atoms with Gasteiger partial charge in [-0.1, -0.05) is 27.2 Å². The molecule has 1 aromatic carbocycles. The number of carbonyl (C=O) groups is 2. The number of nitrogens with zero attached hydrogens (tertiary/aromatic N) is 2. The Bertz CT molecular complexity index is 812. The number of hydrogen-bond donors (Lipinski definition) is 0. The second-order valence-corrected chi connectivity index (χ2v) is 7.67. The lowest BCUT2D eigenvalue weighted by atomic mass is 9.86. The third-order valence-corrected chi connectivity index (χ3v) is 4.60. The first-order valence-electron chi connectivity index (χ1n) is 9.01. The summed E-state index contributed by atoms with van der Waals surface area (Å²) in [7, 11) is 1.75. The summed E-state index contributed by atoms with van der Waals surface area (Å²) in [5.74, 6) is 0.276. The number of fused-ring (bicyclic) bond motifs is 1. The molecule has 2 rings (SSSR count). The average Bonchev–Trinajstić information content (AvgIpc) is 2.59. The first-order chi connectivity index (χ1) is 12.1. The Morgan fingerprint density at radius 2 is 1.92 bits per heavy atom. The Labute approximate surface area is 155 Å². The summed E-state index contributed by atoms with van der Waals surface area (Å²) in [5.41, 5.74) is 0.438. The molecule has 0 saturated heterocycles. The van der Waals surface area contributed by atoms with Crippen LogP contribution in [0.15, 0.2) is 30.5 Å². The van der Waals surface area contributed by atoms with Crippen LogP contribution in [0, 0.1) is 5.41 Å². The summed E-state index contributed by atoms with van der Waals surface area (Å²) in [5, 5.41) is 1.68. The van der Waals surface area contributed by atoms with Gasteiger partial charge in [0.2, 0.25) is 5.91 Å². The second-order valence-electron chi connectivity index (χ2n) is 7.67. The highest BCUT2D eigenvalue weighted by Crippen LogP contribution is 2.29. The van der Waals surface area contributed by atoms with E-state index in [1.54, 1.807) is 30.3 Å². The van der Waals surface area contributed by atoms with Crippen LogP contribution in [-0.4, -0.2) is 30.0 Å². The minimum absolute atomic E-state index is 0.0279. The van der Waals surface area contributed by atoms with Gasteiger partial charge in [-0.3, -0.25) is 9.69 Å². The van der Waals surface area contributed by atoms with Crippen molar-refractivity contribution in [1.82, 2.24) is 4.98 Å². The minimum Gasteiger partial charge on any atom is -0.459 e. The van der Waals surface area contributed by atoms with Crippen LogP contribution in [0.25, 0.3) is 10.8 Å². The third-order valence-electron chi connectivity index (χ3n) is 4.60. The predicted molar refractivity (Wildman–Crippen MR) is 104 cm³/mol. The topological polar surface area (TPSA) is 59.5 Å². The first-order valence-corrected chi connectivity index (χ1v) is 9.01. The Hall–Kier alpha value is -2.43. The first kappa shape index (κ1) is 19.9. The fraction of sp³-hybridized carbons (Fsp3) is 0.476. The van der Waals surface area contributed by atoms with Crippen molar-refractivity contribution < 1.29 is 14.3 Å². The molecule has 0 aliphatic rings. The summed E-state index contributed by atoms with van der Waals surface area (Å²) < 4.78 is 5.25. The predicted octanol–water partition coefficient (Wildman–Crippen LogP) is 4.59. The molecule has 0 aliphatic heterocycles. The Morgan fingerprint density at radius 3 is 2.54 bits per heavy atom. The van der Waals surface area contributed by atoms with Crippen LogP contribution in [-0.2, 0) is 9.53 Å². The number of hydrogen-bond acceptors (Lipinski definition) is 4. The van der Waals surface area contributed by atoms with E-state index in [2.05, 4.69) is 25.8 Å². The van der Waals surface area contributed by atoms with Gasteiger partial charge in [0.1, 0.15) is 5.82 Å². The Kier molecular flexibility index (Phi) is 6.01. The van der Waals surface area contributed by atoms with E-state index >= 15 is 0 Å². The van der Waals surface area contributed by atoms with Crippen LogP contribution in [0.2, 0.25) is 0 Å². The molecule has 5 heteroatoms. The number of aromatic nitrogens is 1. The highest BCUT2D eigenvalue weighted by molar-refractivity contribution is 6.04. The smallest absolute Gasteiger partial charge is 0.338 e. The summed E-state index contributed by atoms with van der Waals surface area (Å²) in [6.07, 6.45) is 2.87. The second kappa shape index (κ2) is 7.85. The number of carbonyl (C=O) groups excluding carboxylic acids is 2. The number of esters is 1. The Morgan fingerprint density at radius 1 is 1.23 bits per heavy atom. The van der Waals surface area contributed by atoms with Crippen molar-refractivity contribution >= 4 is 28.5 Å². The van der Waals surface area contributed by atoms with E-state index in [9.17, 15) is 9.59 Å². The van der Waals surface area contributed by atoms with Gasteiger partial charge in [-0.25, -0.2) is 9.78 Å². The number of amides is 1. The van der Waals surface area contributed by atoms with Gasteiger partial charge in [0.25, 0.3) is 0 Å². The maximum atomic E-state index is 12.7. The van der Waals surface area contributed by atoms with Crippen LogP contribution in [0.1, 0.15) is 57.8 Å². The van der Waals surface area contributed by atoms with E-state index in [4.69, 9.17) is 4.74 Å². The molecule has 0 N–H and O–H groups in total. The van der Waals surface area contributed by atoms with Crippen molar-refractivity contribution in [2.75, 3.05) is 11.9 Å². The van der Waals surface area contributed by atoms with E-state index in [0.29, 0.717) is 17.8 Å². The fourth-order valence-electron chi connectivity index (χ4n) is 2.61. The summed E-state index contributed by atoms with van der Waals surface area (Å²) in [4.78, 5) is 30.8. The normalized spacial score (nSPS) is 11.7. The van der Waals surface area contributed by atoms with E-state index in [0.717, 1.165) is 17.2 Å². The van der Waals surface area contributed by atoms with Gasteiger partial charge in [0.05, 0.1) is 11.7 Å². The van der Waals surface area contributed by atoms with Gasteiger partial charge >= 0.3 is 5.97 Å². The molecule has 0 aliphatic carbocycles. The molecule has 2 aromatic rings. The molecule has 26 heavy (non-hydrogen) atoms.